The Balaban J connectivity index is 1.84. The summed E-state index contributed by atoms with van der Waals surface area (Å²) in [6.45, 7) is 0.396. The Morgan fingerprint density at radius 3 is 2.69 bits per heavy atom. The highest BCUT2D eigenvalue weighted by Gasteiger charge is 2.23. The molecule has 1 N–H and O–H groups in total. The maximum Gasteiger partial charge on any atom is 0.133 e. The van der Waals surface area contributed by atoms with Crippen molar-refractivity contribution in [3.05, 3.63) is 28.7 Å². The highest BCUT2D eigenvalue weighted by molar-refractivity contribution is 9.10. The lowest BCUT2D eigenvalue weighted by Gasteiger charge is -2.18. The fourth-order valence-electron chi connectivity index (χ4n) is 2.22. The van der Waals surface area contributed by atoms with Gasteiger partial charge in [0.2, 0.25) is 0 Å². The van der Waals surface area contributed by atoms with Gasteiger partial charge in [0.1, 0.15) is 12.4 Å². The highest BCUT2D eigenvalue weighted by Crippen LogP contribution is 2.29. The molecule has 1 aromatic carbocycles. The van der Waals surface area contributed by atoms with E-state index in [1.54, 1.807) is 0 Å². The summed E-state index contributed by atoms with van der Waals surface area (Å²) >= 11 is 3.42. The Morgan fingerprint density at radius 1 is 1.31 bits per heavy atom. The fourth-order valence-corrected chi connectivity index (χ4v) is 2.61. The molecule has 1 aliphatic rings. The molecule has 0 aromatic heterocycles. The third-order valence-corrected chi connectivity index (χ3v) is 3.85. The van der Waals surface area contributed by atoms with Crippen LogP contribution in [0.5, 0.6) is 5.75 Å². The van der Waals surface area contributed by atoms with E-state index in [0.29, 0.717) is 12.5 Å². The van der Waals surface area contributed by atoms with Gasteiger partial charge in [-0.05, 0) is 46.8 Å². The van der Waals surface area contributed by atoms with Crippen molar-refractivity contribution in [2.45, 2.75) is 31.8 Å². The van der Waals surface area contributed by atoms with Crippen LogP contribution in [0.4, 0.5) is 0 Å². The largest absolute Gasteiger partial charge is 0.490 e. The molecule has 1 aromatic rings. The average Bonchev–Trinajstić information content (AvgIpc) is 2.81. The van der Waals surface area contributed by atoms with Gasteiger partial charge in [-0.15, -0.1) is 0 Å². The third-order valence-electron chi connectivity index (χ3n) is 3.19. The Bertz CT molecular complexity index is 334. The van der Waals surface area contributed by atoms with Crippen molar-refractivity contribution < 1.29 is 9.84 Å². The zero-order valence-corrected chi connectivity index (χ0v) is 10.8. The first-order valence-electron chi connectivity index (χ1n) is 5.83. The number of para-hydroxylation sites is 1. The van der Waals surface area contributed by atoms with Gasteiger partial charge in [-0.2, -0.15) is 0 Å². The summed E-state index contributed by atoms with van der Waals surface area (Å²) in [6.07, 6.45) is 4.45. The molecule has 0 aliphatic heterocycles. The minimum atomic E-state index is -0.324. The van der Waals surface area contributed by atoms with Gasteiger partial charge in [0.15, 0.2) is 0 Å². The summed E-state index contributed by atoms with van der Waals surface area (Å²) in [4.78, 5) is 0. The molecule has 0 spiro atoms. The molecule has 0 amide bonds. The maximum absolute atomic E-state index is 9.96. The van der Waals surface area contributed by atoms with Gasteiger partial charge in [0.25, 0.3) is 0 Å². The quantitative estimate of drug-likeness (QED) is 0.919. The van der Waals surface area contributed by atoms with Gasteiger partial charge < -0.3 is 9.84 Å². The molecule has 1 saturated carbocycles. The lowest BCUT2D eigenvalue weighted by Crippen LogP contribution is -2.25. The summed E-state index contributed by atoms with van der Waals surface area (Å²) < 4.78 is 6.55. The first-order valence-corrected chi connectivity index (χ1v) is 6.62. The number of rotatable bonds is 4. The number of hydrogen-bond donors (Lipinski definition) is 1. The van der Waals surface area contributed by atoms with Crippen LogP contribution in [0.15, 0.2) is 28.7 Å². The molecule has 88 valence electrons. The van der Waals surface area contributed by atoms with Crippen molar-refractivity contribution in [2.24, 2.45) is 5.92 Å². The molecule has 1 atom stereocenters. The molecule has 1 aliphatic carbocycles. The van der Waals surface area contributed by atoms with Crippen LogP contribution in [-0.2, 0) is 0 Å². The van der Waals surface area contributed by atoms with E-state index >= 15 is 0 Å². The molecule has 0 saturated heterocycles. The molecule has 1 fully saturated rings. The fraction of sp³-hybridized carbons (Fsp3) is 0.538. The van der Waals surface area contributed by atoms with Crippen LogP contribution in [-0.4, -0.2) is 17.8 Å². The van der Waals surface area contributed by atoms with Crippen LogP contribution in [0.3, 0.4) is 0 Å². The minimum Gasteiger partial charge on any atom is -0.490 e. The first-order chi connectivity index (χ1) is 7.77. The lowest BCUT2D eigenvalue weighted by molar-refractivity contribution is 0.0590. The van der Waals surface area contributed by atoms with Crippen molar-refractivity contribution in [1.29, 1.82) is 0 Å². The molecule has 0 heterocycles. The first kappa shape index (κ1) is 11.9. The summed E-state index contributed by atoms with van der Waals surface area (Å²) in [7, 11) is 0. The second-order valence-electron chi connectivity index (χ2n) is 4.35. The predicted octanol–water partition coefficient (Wildman–Crippen LogP) is 3.38. The van der Waals surface area contributed by atoms with Crippen molar-refractivity contribution in [3.63, 3.8) is 0 Å². The van der Waals surface area contributed by atoms with Crippen molar-refractivity contribution >= 4 is 15.9 Å². The van der Waals surface area contributed by atoms with E-state index in [9.17, 15) is 5.11 Å². The maximum atomic E-state index is 9.96. The van der Waals surface area contributed by atoms with Gasteiger partial charge >= 0.3 is 0 Å². The van der Waals surface area contributed by atoms with Crippen LogP contribution in [0.25, 0.3) is 0 Å². The SMILES string of the molecule is OC(COc1ccccc1Br)C1CCCC1. The van der Waals surface area contributed by atoms with Crippen molar-refractivity contribution in [1.82, 2.24) is 0 Å². The van der Waals surface area contributed by atoms with Crippen LogP contribution in [0.1, 0.15) is 25.7 Å². The molecule has 0 bridgehead atoms. The smallest absolute Gasteiger partial charge is 0.133 e. The molecule has 1 unspecified atom stereocenters. The Morgan fingerprint density at radius 2 is 2.00 bits per heavy atom. The zero-order chi connectivity index (χ0) is 11.4. The molecule has 0 radical (unpaired) electrons. The van der Waals surface area contributed by atoms with Gasteiger partial charge in [0, 0.05) is 0 Å². The van der Waals surface area contributed by atoms with Crippen molar-refractivity contribution in [2.75, 3.05) is 6.61 Å². The monoisotopic (exact) mass is 284 g/mol. The number of aliphatic hydroxyl groups is 1. The van der Waals surface area contributed by atoms with Gasteiger partial charge in [0.05, 0.1) is 10.6 Å². The van der Waals surface area contributed by atoms with E-state index in [0.717, 1.165) is 23.1 Å². The van der Waals surface area contributed by atoms with Crippen LogP contribution < -0.4 is 4.74 Å². The predicted molar refractivity (Wildman–Crippen MR) is 67.6 cm³/mol. The standard InChI is InChI=1S/C13H17BrO2/c14-11-7-3-4-8-13(11)16-9-12(15)10-5-1-2-6-10/h3-4,7-8,10,12,15H,1-2,5-6,9H2. The van der Waals surface area contributed by atoms with E-state index in [1.807, 2.05) is 24.3 Å². The second-order valence-corrected chi connectivity index (χ2v) is 5.21. The summed E-state index contributed by atoms with van der Waals surface area (Å²) in [5, 5.41) is 9.96. The topological polar surface area (TPSA) is 29.5 Å². The Labute approximate surface area is 105 Å². The number of halogens is 1. The summed E-state index contributed by atoms with van der Waals surface area (Å²) in [5.74, 6) is 1.24. The van der Waals surface area contributed by atoms with E-state index in [1.165, 1.54) is 12.8 Å². The van der Waals surface area contributed by atoms with E-state index in [-0.39, 0.29) is 6.10 Å². The zero-order valence-electron chi connectivity index (χ0n) is 9.23. The molecular formula is C13H17BrO2. The van der Waals surface area contributed by atoms with E-state index in [2.05, 4.69) is 15.9 Å². The number of hydrogen-bond acceptors (Lipinski definition) is 2. The summed E-state index contributed by atoms with van der Waals surface area (Å²) in [6, 6.07) is 7.73. The third kappa shape index (κ3) is 2.98. The van der Waals surface area contributed by atoms with Crippen molar-refractivity contribution in [3.8, 4) is 5.75 Å². The van der Waals surface area contributed by atoms with Crippen LogP contribution >= 0.6 is 15.9 Å². The minimum absolute atomic E-state index is 0.324. The lowest BCUT2D eigenvalue weighted by atomic mass is 10.0. The molecule has 3 heteroatoms. The Hall–Kier alpha value is -0.540. The Kier molecular flexibility index (Phi) is 4.24. The van der Waals surface area contributed by atoms with Crippen LogP contribution in [0, 0.1) is 5.92 Å². The molecule has 16 heavy (non-hydrogen) atoms. The van der Waals surface area contributed by atoms with Crippen LogP contribution in [0.2, 0.25) is 0 Å². The molecule has 2 nitrogen and oxygen atoms in total. The van der Waals surface area contributed by atoms with Gasteiger partial charge in [-0.25, -0.2) is 0 Å². The average molecular weight is 285 g/mol. The van der Waals surface area contributed by atoms with E-state index < -0.39 is 0 Å². The summed E-state index contributed by atoms with van der Waals surface area (Å²) in [5.41, 5.74) is 0. The normalized spacial score (nSPS) is 18.6. The number of ether oxygens (including phenoxy) is 1. The van der Waals surface area contributed by atoms with Gasteiger partial charge in [-0.3, -0.25) is 0 Å². The number of benzene rings is 1. The van der Waals surface area contributed by atoms with Gasteiger partial charge in [-0.1, -0.05) is 25.0 Å². The number of aliphatic hydroxyl groups excluding tert-OH is 1. The molecule has 2 rings (SSSR count). The second kappa shape index (κ2) is 5.69. The molecular weight excluding hydrogens is 268 g/mol. The highest BCUT2D eigenvalue weighted by atomic mass is 79.9. The van der Waals surface area contributed by atoms with E-state index in [4.69, 9.17) is 4.74 Å².